The summed E-state index contributed by atoms with van der Waals surface area (Å²) in [5.74, 6) is 3.05. The van der Waals surface area contributed by atoms with E-state index in [0.29, 0.717) is 11.4 Å². The van der Waals surface area contributed by atoms with Gasteiger partial charge in [0, 0.05) is 11.8 Å². The first-order valence-electron chi connectivity index (χ1n) is 3.35. The van der Waals surface area contributed by atoms with Crippen molar-refractivity contribution in [3.63, 3.8) is 0 Å². The van der Waals surface area contributed by atoms with Crippen LogP contribution in [0.1, 0.15) is 0 Å². The predicted molar refractivity (Wildman–Crippen MR) is 52.9 cm³/mol. The van der Waals surface area contributed by atoms with Gasteiger partial charge >= 0.3 is 0 Å². The van der Waals surface area contributed by atoms with E-state index in [4.69, 9.17) is 16.9 Å². The van der Waals surface area contributed by atoms with Crippen LogP contribution in [0, 0.1) is 12.3 Å². The van der Waals surface area contributed by atoms with Crippen molar-refractivity contribution in [1.82, 2.24) is 0 Å². The molecule has 0 saturated heterocycles. The molecule has 0 fully saturated rings. The summed E-state index contributed by atoms with van der Waals surface area (Å²) in [6.07, 6.45) is 5.04. The fraction of sp³-hybridized carbons (Fsp3) is 0.111. The van der Waals surface area contributed by atoms with Crippen LogP contribution >= 0.6 is 15.9 Å². The van der Waals surface area contributed by atoms with Gasteiger partial charge in [-0.25, -0.2) is 0 Å². The zero-order valence-electron chi connectivity index (χ0n) is 6.38. The van der Waals surface area contributed by atoms with Gasteiger partial charge in [-0.1, -0.05) is 5.92 Å². The van der Waals surface area contributed by atoms with E-state index < -0.39 is 0 Å². The Labute approximate surface area is 79.8 Å². The van der Waals surface area contributed by atoms with Gasteiger partial charge in [0.1, 0.15) is 12.4 Å². The minimum Gasteiger partial charge on any atom is -0.480 e. The Morgan fingerprint density at radius 3 is 3.00 bits per heavy atom. The Kier molecular flexibility index (Phi) is 3.01. The number of benzene rings is 1. The molecule has 1 rings (SSSR count). The molecule has 62 valence electrons. The molecule has 0 heterocycles. The predicted octanol–water partition coefficient (Wildman–Crippen LogP) is 2.04. The second-order valence-corrected chi connectivity index (χ2v) is 3.04. The van der Waals surface area contributed by atoms with Gasteiger partial charge < -0.3 is 10.5 Å². The zero-order chi connectivity index (χ0) is 8.97. The van der Waals surface area contributed by atoms with Gasteiger partial charge in [0.15, 0.2) is 0 Å². The van der Waals surface area contributed by atoms with Crippen LogP contribution in [0.5, 0.6) is 5.75 Å². The highest BCUT2D eigenvalue weighted by atomic mass is 79.9. The fourth-order valence-corrected chi connectivity index (χ4v) is 1.11. The molecule has 0 atom stereocenters. The largest absolute Gasteiger partial charge is 0.480 e. The molecule has 3 heteroatoms. The van der Waals surface area contributed by atoms with E-state index in [1.807, 2.05) is 6.07 Å². The van der Waals surface area contributed by atoms with Crippen LogP contribution in [0.3, 0.4) is 0 Å². The van der Waals surface area contributed by atoms with E-state index in [-0.39, 0.29) is 6.61 Å². The number of anilines is 1. The Bertz CT molecular complexity index is 317. The number of nitrogen functional groups attached to an aromatic ring is 1. The Morgan fingerprint density at radius 2 is 2.33 bits per heavy atom. The van der Waals surface area contributed by atoms with Crippen molar-refractivity contribution in [2.45, 2.75) is 0 Å². The van der Waals surface area contributed by atoms with Crippen LogP contribution in [-0.4, -0.2) is 6.61 Å². The van der Waals surface area contributed by atoms with Crippen molar-refractivity contribution in [1.29, 1.82) is 0 Å². The van der Waals surface area contributed by atoms with E-state index in [1.165, 1.54) is 0 Å². The Morgan fingerprint density at radius 1 is 1.58 bits per heavy atom. The summed E-state index contributed by atoms with van der Waals surface area (Å²) in [7, 11) is 0. The summed E-state index contributed by atoms with van der Waals surface area (Å²) in [6.45, 7) is 0.252. The number of rotatable bonds is 2. The molecule has 1 aromatic rings. The molecule has 0 unspecified atom stereocenters. The van der Waals surface area contributed by atoms with Crippen molar-refractivity contribution in [3.05, 3.63) is 22.7 Å². The molecule has 0 aliphatic heterocycles. The van der Waals surface area contributed by atoms with Gasteiger partial charge in [-0.15, -0.1) is 6.42 Å². The molecule has 0 bridgehead atoms. The third-order valence-corrected chi connectivity index (χ3v) is 1.92. The smallest absolute Gasteiger partial charge is 0.148 e. The van der Waals surface area contributed by atoms with Gasteiger partial charge in [-0.3, -0.25) is 0 Å². The summed E-state index contributed by atoms with van der Waals surface area (Å²) in [5.41, 5.74) is 6.20. The van der Waals surface area contributed by atoms with Crippen LogP contribution in [-0.2, 0) is 0 Å². The lowest BCUT2D eigenvalue weighted by Gasteiger charge is -2.04. The highest BCUT2D eigenvalue weighted by Crippen LogP contribution is 2.26. The Balaban J connectivity index is 2.84. The average molecular weight is 226 g/mol. The quantitative estimate of drug-likeness (QED) is 0.618. The third kappa shape index (κ3) is 2.18. The molecule has 0 spiro atoms. The lowest BCUT2D eigenvalue weighted by Crippen LogP contribution is -1.95. The third-order valence-electron chi connectivity index (χ3n) is 1.27. The summed E-state index contributed by atoms with van der Waals surface area (Å²) in [6, 6.07) is 5.33. The first kappa shape index (κ1) is 8.95. The standard InChI is InChI=1S/C9H8BrNO/c1-2-5-12-9-6-7(11)3-4-8(9)10/h1,3-4,6H,5,11H2. The molecule has 0 radical (unpaired) electrons. The monoisotopic (exact) mass is 225 g/mol. The number of nitrogens with two attached hydrogens (primary N) is 1. The van der Waals surface area contributed by atoms with E-state index >= 15 is 0 Å². The SMILES string of the molecule is C#CCOc1cc(N)ccc1Br. The van der Waals surface area contributed by atoms with Gasteiger partial charge in [-0.2, -0.15) is 0 Å². The van der Waals surface area contributed by atoms with Crippen molar-refractivity contribution >= 4 is 21.6 Å². The highest BCUT2D eigenvalue weighted by Gasteiger charge is 1.99. The molecule has 1 aromatic carbocycles. The molecule has 12 heavy (non-hydrogen) atoms. The number of halogens is 1. The molecule has 2 nitrogen and oxygen atoms in total. The van der Waals surface area contributed by atoms with Crippen LogP contribution in [0.25, 0.3) is 0 Å². The molecule has 0 aliphatic rings. The maximum Gasteiger partial charge on any atom is 0.148 e. The molecule has 0 aliphatic carbocycles. The van der Waals surface area contributed by atoms with Crippen LogP contribution in [0.4, 0.5) is 5.69 Å². The van der Waals surface area contributed by atoms with E-state index in [0.717, 1.165) is 4.47 Å². The molecular formula is C9H8BrNO. The van der Waals surface area contributed by atoms with Gasteiger partial charge in [0.25, 0.3) is 0 Å². The van der Waals surface area contributed by atoms with Crippen molar-refractivity contribution in [3.8, 4) is 18.1 Å². The van der Waals surface area contributed by atoms with Gasteiger partial charge in [0.05, 0.1) is 4.47 Å². The Hall–Kier alpha value is -1.14. The summed E-state index contributed by atoms with van der Waals surface area (Å²) < 4.78 is 6.06. The summed E-state index contributed by atoms with van der Waals surface area (Å²) in [4.78, 5) is 0. The zero-order valence-corrected chi connectivity index (χ0v) is 7.97. The maximum absolute atomic E-state index is 5.55. The number of hydrogen-bond acceptors (Lipinski definition) is 2. The highest BCUT2D eigenvalue weighted by molar-refractivity contribution is 9.10. The van der Waals surface area contributed by atoms with Gasteiger partial charge in [0.2, 0.25) is 0 Å². The average Bonchev–Trinajstić information content (AvgIpc) is 2.07. The first-order chi connectivity index (χ1) is 5.74. The molecule has 0 amide bonds. The lowest BCUT2D eigenvalue weighted by molar-refractivity contribution is 0.368. The number of hydrogen-bond donors (Lipinski definition) is 1. The molecule has 2 N–H and O–H groups in total. The summed E-state index contributed by atoms with van der Waals surface area (Å²) in [5, 5.41) is 0. The van der Waals surface area contributed by atoms with Crippen LogP contribution < -0.4 is 10.5 Å². The van der Waals surface area contributed by atoms with E-state index in [1.54, 1.807) is 12.1 Å². The molecule has 0 aromatic heterocycles. The molecule has 0 saturated carbocycles. The van der Waals surface area contributed by atoms with Crippen molar-refractivity contribution < 1.29 is 4.74 Å². The topological polar surface area (TPSA) is 35.2 Å². The second-order valence-electron chi connectivity index (χ2n) is 2.18. The van der Waals surface area contributed by atoms with E-state index in [2.05, 4.69) is 21.9 Å². The van der Waals surface area contributed by atoms with Crippen molar-refractivity contribution in [2.75, 3.05) is 12.3 Å². The lowest BCUT2D eigenvalue weighted by atomic mass is 10.3. The fourth-order valence-electron chi connectivity index (χ4n) is 0.750. The number of terminal acetylenes is 1. The minimum absolute atomic E-state index is 0.252. The van der Waals surface area contributed by atoms with Gasteiger partial charge in [-0.05, 0) is 28.1 Å². The molecular weight excluding hydrogens is 218 g/mol. The maximum atomic E-state index is 5.55. The first-order valence-corrected chi connectivity index (χ1v) is 4.14. The minimum atomic E-state index is 0.252. The van der Waals surface area contributed by atoms with Crippen molar-refractivity contribution in [2.24, 2.45) is 0 Å². The second kappa shape index (κ2) is 4.03. The van der Waals surface area contributed by atoms with E-state index in [9.17, 15) is 0 Å². The van der Waals surface area contributed by atoms with Crippen LogP contribution in [0.2, 0.25) is 0 Å². The number of ether oxygens (including phenoxy) is 1. The normalized spacial score (nSPS) is 9.00. The van der Waals surface area contributed by atoms with Crippen LogP contribution in [0.15, 0.2) is 22.7 Å². The summed E-state index contributed by atoms with van der Waals surface area (Å²) >= 11 is 3.31.